The molecule has 0 fully saturated rings. The molecule has 1 amide bonds. The Labute approximate surface area is 165 Å². The van der Waals surface area contributed by atoms with Gasteiger partial charge in [0.25, 0.3) is 0 Å². The molecule has 140 valence electrons. The van der Waals surface area contributed by atoms with E-state index in [9.17, 15) is 9.59 Å². The van der Waals surface area contributed by atoms with Gasteiger partial charge in [-0.1, -0.05) is 23.7 Å². The van der Waals surface area contributed by atoms with Crippen LogP contribution in [0.5, 0.6) is 5.75 Å². The van der Waals surface area contributed by atoms with Gasteiger partial charge in [-0.3, -0.25) is 9.59 Å². The highest BCUT2D eigenvalue weighted by Gasteiger charge is 2.29. The number of carbonyl (C=O) groups excluding carboxylic acids is 2. The maximum atomic E-state index is 12.3. The monoisotopic (exact) mass is 405 g/mol. The lowest BCUT2D eigenvalue weighted by Crippen LogP contribution is -2.31. The molecule has 2 aliphatic heterocycles. The zero-order valence-corrected chi connectivity index (χ0v) is 15.8. The highest BCUT2D eigenvalue weighted by Crippen LogP contribution is 2.37. The number of thioether (sulfide) groups is 1. The van der Waals surface area contributed by atoms with Gasteiger partial charge in [0.2, 0.25) is 5.91 Å². The van der Waals surface area contributed by atoms with Crippen LogP contribution < -0.4 is 10.1 Å². The normalized spacial score (nSPS) is 18.0. The van der Waals surface area contributed by atoms with Gasteiger partial charge in [0.05, 0.1) is 24.0 Å². The first kappa shape index (κ1) is 18.2. The quantitative estimate of drug-likeness (QED) is 0.781. The van der Waals surface area contributed by atoms with Gasteiger partial charge in [0.1, 0.15) is 12.4 Å². The minimum Gasteiger partial charge on any atom is -0.467 e. The molecule has 1 N–H and O–H groups in total. The number of hydrogen-bond acceptors (Lipinski definition) is 6. The maximum Gasteiger partial charge on any atom is 0.307 e. The highest BCUT2D eigenvalue weighted by atomic mass is 35.5. The summed E-state index contributed by atoms with van der Waals surface area (Å²) in [5.41, 5.74) is 2.26. The summed E-state index contributed by atoms with van der Waals surface area (Å²) in [4.78, 5) is 25.4. The first-order chi connectivity index (χ1) is 13.1. The Bertz CT molecular complexity index is 904. The molecule has 0 spiro atoms. The minimum atomic E-state index is -0.523. The number of benzene rings is 2. The molecule has 0 radical (unpaired) electrons. The summed E-state index contributed by atoms with van der Waals surface area (Å²) in [5.74, 6) is -0.0174. The SMILES string of the molecule is O=C(C[C@@H]1Sc2ccccc2NC1=O)OCc1cc(Cl)cc2c1OCOC2. The predicted molar refractivity (Wildman–Crippen MR) is 101 cm³/mol. The second-order valence-corrected chi connectivity index (χ2v) is 7.80. The van der Waals surface area contributed by atoms with Crippen LogP contribution in [0.25, 0.3) is 0 Å². The van der Waals surface area contributed by atoms with Crippen molar-refractivity contribution in [1.29, 1.82) is 0 Å². The van der Waals surface area contributed by atoms with E-state index in [-0.39, 0.29) is 25.7 Å². The minimum absolute atomic E-state index is 0.0163. The van der Waals surface area contributed by atoms with E-state index in [0.717, 1.165) is 16.1 Å². The van der Waals surface area contributed by atoms with E-state index in [2.05, 4.69) is 5.32 Å². The van der Waals surface area contributed by atoms with Crippen LogP contribution in [-0.2, 0) is 32.3 Å². The van der Waals surface area contributed by atoms with Crippen LogP contribution in [0.1, 0.15) is 17.5 Å². The average molecular weight is 406 g/mol. The second kappa shape index (κ2) is 7.80. The third-order valence-electron chi connectivity index (χ3n) is 4.20. The zero-order valence-electron chi connectivity index (χ0n) is 14.2. The highest BCUT2D eigenvalue weighted by molar-refractivity contribution is 8.01. The Hall–Kier alpha value is -2.22. The Balaban J connectivity index is 1.40. The average Bonchev–Trinajstić information content (AvgIpc) is 2.66. The molecule has 2 aromatic carbocycles. The lowest BCUT2D eigenvalue weighted by atomic mass is 10.1. The number of amides is 1. The van der Waals surface area contributed by atoms with E-state index in [1.54, 1.807) is 12.1 Å². The first-order valence-electron chi connectivity index (χ1n) is 8.34. The Morgan fingerprint density at radius 3 is 3.07 bits per heavy atom. The third kappa shape index (κ3) is 4.05. The molecule has 0 saturated carbocycles. The zero-order chi connectivity index (χ0) is 18.8. The van der Waals surface area contributed by atoms with Crippen molar-refractivity contribution in [3.8, 4) is 5.75 Å². The van der Waals surface area contributed by atoms with Crippen molar-refractivity contribution < 1.29 is 23.8 Å². The van der Waals surface area contributed by atoms with Crippen LogP contribution in [0.15, 0.2) is 41.3 Å². The Kier molecular flexibility index (Phi) is 5.24. The fourth-order valence-electron chi connectivity index (χ4n) is 2.96. The summed E-state index contributed by atoms with van der Waals surface area (Å²) in [6, 6.07) is 11.0. The van der Waals surface area contributed by atoms with Crippen molar-refractivity contribution in [3.05, 3.63) is 52.5 Å². The van der Waals surface area contributed by atoms with Crippen molar-refractivity contribution in [2.45, 2.75) is 29.8 Å². The fourth-order valence-corrected chi connectivity index (χ4v) is 4.32. The number of hydrogen-bond donors (Lipinski definition) is 1. The molecule has 0 unspecified atom stereocenters. The molecule has 8 heteroatoms. The molecule has 0 bridgehead atoms. The van der Waals surface area contributed by atoms with Crippen LogP contribution >= 0.6 is 23.4 Å². The summed E-state index contributed by atoms with van der Waals surface area (Å²) in [6.45, 7) is 0.570. The number of carbonyl (C=O) groups is 2. The number of fused-ring (bicyclic) bond motifs is 2. The Morgan fingerprint density at radius 2 is 2.19 bits per heavy atom. The molecule has 0 aliphatic carbocycles. The van der Waals surface area contributed by atoms with E-state index < -0.39 is 11.2 Å². The summed E-state index contributed by atoms with van der Waals surface area (Å²) >= 11 is 7.48. The molecular formula is C19H16ClNO5S. The van der Waals surface area contributed by atoms with Gasteiger partial charge in [-0.15, -0.1) is 11.8 Å². The van der Waals surface area contributed by atoms with E-state index in [1.165, 1.54) is 11.8 Å². The van der Waals surface area contributed by atoms with Crippen LogP contribution in [0.2, 0.25) is 5.02 Å². The van der Waals surface area contributed by atoms with E-state index in [0.29, 0.717) is 22.9 Å². The number of ether oxygens (including phenoxy) is 3. The molecule has 0 aromatic heterocycles. The van der Waals surface area contributed by atoms with Gasteiger partial charge in [-0.2, -0.15) is 0 Å². The molecule has 2 aromatic rings. The molecule has 4 rings (SSSR count). The topological polar surface area (TPSA) is 73.9 Å². The van der Waals surface area contributed by atoms with Crippen molar-refractivity contribution in [2.75, 3.05) is 12.1 Å². The number of para-hydroxylation sites is 1. The van der Waals surface area contributed by atoms with Crippen molar-refractivity contribution in [3.63, 3.8) is 0 Å². The number of anilines is 1. The van der Waals surface area contributed by atoms with E-state index in [4.69, 9.17) is 25.8 Å². The first-order valence-corrected chi connectivity index (χ1v) is 9.60. The summed E-state index contributed by atoms with van der Waals surface area (Å²) in [5, 5.41) is 2.82. The number of rotatable bonds is 4. The summed E-state index contributed by atoms with van der Waals surface area (Å²) in [7, 11) is 0. The fraction of sp³-hybridized carbons (Fsp3) is 0.263. The lowest BCUT2D eigenvalue weighted by molar-refractivity contribution is -0.145. The molecule has 6 nitrogen and oxygen atoms in total. The second-order valence-electron chi connectivity index (χ2n) is 6.12. The van der Waals surface area contributed by atoms with Crippen molar-refractivity contribution >= 4 is 40.9 Å². The molecule has 2 aliphatic rings. The number of halogens is 1. The smallest absolute Gasteiger partial charge is 0.307 e. The predicted octanol–water partition coefficient (Wildman–Crippen LogP) is 3.75. The molecule has 0 saturated heterocycles. The lowest BCUT2D eigenvalue weighted by Gasteiger charge is -2.23. The van der Waals surface area contributed by atoms with Crippen LogP contribution in [0, 0.1) is 0 Å². The molecule has 27 heavy (non-hydrogen) atoms. The summed E-state index contributed by atoms with van der Waals surface area (Å²) < 4.78 is 16.1. The Morgan fingerprint density at radius 1 is 1.33 bits per heavy atom. The van der Waals surface area contributed by atoms with Gasteiger partial charge in [0.15, 0.2) is 6.79 Å². The number of esters is 1. The van der Waals surface area contributed by atoms with Gasteiger partial charge in [-0.25, -0.2) is 0 Å². The van der Waals surface area contributed by atoms with Crippen LogP contribution in [0.3, 0.4) is 0 Å². The number of nitrogens with one attached hydrogen (secondary N) is 1. The van der Waals surface area contributed by atoms with Gasteiger partial charge >= 0.3 is 5.97 Å². The van der Waals surface area contributed by atoms with E-state index >= 15 is 0 Å². The largest absolute Gasteiger partial charge is 0.467 e. The third-order valence-corrected chi connectivity index (χ3v) is 5.69. The molecule has 2 heterocycles. The van der Waals surface area contributed by atoms with Crippen molar-refractivity contribution in [1.82, 2.24) is 0 Å². The summed E-state index contributed by atoms with van der Waals surface area (Å²) in [6.07, 6.45) is -0.0163. The van der Waals surface area contributed by atoms with Gasteiger partial charge in [0, 0.05) is 21.0 Å². The van der Waals surface area contributed by atoms with Crippen LogP contribution in [-0.4, -0.2) is 23.9 Å². The standard InChI is InChI=1S/C19H16ClNO5S/c20-13-5-11-8-24-10-26-18(11)12(6-13)9-25-17(22)7-16-19(23)21-14-3-1-2-4-15(14)27-16/h1-6,16H,7-10H2,(H,21,23)/t16-/m0/s1. The van der Waals surface area contributed by atoms with E-state index in [1.807, 2.05) is 24.3 Å². The molecule has 1 atom stereocenters. The van der Waals surface area contributed by atoms with Gasteiger partial charge in [-0.05, 0) is 24.3 Å². The van der Waals surface area contributed by atoms with Crippen molar-refractivity contribution in [2.24, 2.45) is 0 Å². The molecular weight excluding hydrogens is 390 g/mol. The maximum absolute atomic E-state index is 12.3. The van der Waals surface area contributed by atoms with Gasteiger partial charge < -0.3 is 19.5 Å². The van der Waals surface area contributed by atoms with Crippen LogP contribution in [0.4, 0.5) is 5.69 Å².